The van der Waals surface area contributed by atoms with E-state index in [-0.39, 0.29) is 23.5 Å². The number of hydrogen-bond acceptors (Lipinski definition) is 8. The monoisotopic (exact) mass is 582 g/mol. The second-order valence-electron chi connectivity index (χ2n) is 10.5. The van der Waals surface area contributed by atoms with Gasteiger partial charge in [0.15, 0.2) is 0 Å². The number of benzene rings is 1. The van der Waals surface area contributed by atoms with Gasteiger partial charge in [-0.15, -0.1) is 0 Å². The molecule has 0 atom stereocenters. The van der Waals surface area contributed by atoms with Crippen LogP contribution >= 0.6 is 0 Å². The number of imidazole rings is 1. The zero-order valence-electron chi connectivity index (χ0n) is 24.9. The average Bonchev–Trinajstić information content (AvgIpc) is 3.52. The fourth-order valence-electron chi connectivity index (χ4n) is 5.20. The predicted molar refractivity (Wildman–Crippen MR) is 159 cm³/mol. The maximum absolute atomic E-state index is 13.2. The molecule has 42 heavy (non-hydrogen) atoms. The summed E-state index contributed by atoms with van der Waals surface area (Å²) in [4.78, 5) is 44.5. The first-order valence-electron chi connectivity index (χ1n) is 14.6. The molecule has 0 bridgehead atoms. The van der Waals surface area contributed by atoms with Gasteiger partial charge in [0.2, 0.25) is 17.8 Å². The normalized spacial score (nSPS) is 14.3. The molecule has 3 heterocycles. The SMILES string of the molecule is CCCn1c(NC(=O)c2cc(C)nn2CC)nc2cc(C(N)=O)cc(OCCCNC(=O)CN3CCC(OC)CC3)c21. The number of piperidine rings is 1. The second-order valence-corrected chi connectivity index (χ2v) is 10.5. The van der Waals surface area contributed by atoms with Crippen molar-refractivity contribution in [2.45, 2.75) is 65.6 Å². The Bertz CT molecular complexity index is 1410. The highest BCUT2D eigenvalue weighted by Gasteiger charge is 2.22. The van der Waals surface area contributed by atoms with Crippen molar-refractivity contribution in [3.05, 3.63) is 35.2 Å². The summed E-state index contributed by atoms with van der Waals surface area (Å²) in [5, 5.41) is 10.2. The number of hydrogen-bond donors (Lipinski definition) is 3. The zero-order valence-corrected chi connectivity index (χ0v) is 24.9. The summed E-state index contributed by atoms with van der Waals surface area (Å²) >= 11 is 0. The lowest BCUT2D eigenvalue weighted by Crippen LogP contribution is -2.43. The van der Waals surface area contributed by atoms with Gasteiger partial charge in [0.1, 0.15) is 17.0 Å². The topological polar surface area (TPSA) is 159 Å². The van der Waals surface area contributed by atoms with E-state index in [1.807, 2.05) is 25.3 Å². The number of amides is 3. The molecule has 4 N–H and O–H groups in total. The number of likely N-dealkylation sites (tertiary alicyclic amines) is 1. The lowest BCUT2D eigenvalue weighted by Gasteiger charge is -2.30. The van der Waals surface area contributed by atoms with E-state index in [4.69, 9.17) is 15.2 Å². The molecule has 0 unspecified atom stereocenters. The van der Waals surface area contributed by atoms with E-state index in [2.05, 4.69) is 25.6 Å². The summed E-state index contributed by atoms with van der Waals surface area (Å²) in [6, 6.07) is 4.93. The molecule has 3 amide bonds. The molecule has 2 aromatic heterocycles. The molecule has 228 valence electrons. The molecule has 1 aliphatic rings. The molecule has 0 spiro atoms. The molecule has 13 heteroatoms. The number of nitrogens with one attached hydrogen (secondary N) is 2. The first kappa shape index (κ1) is 31.0. The van der Waals surface area contributed by atoms with Crippen molar-refractivity contribution < 1.29 is 23.9 Å². The Kier molecular flexibility index (Phi) is 10.5. The molecule has 13 nitrogen and oxygen atoms in total. The first-order valence-corrected chi connectivity index (χ1v) is 14.6. The number of carbonyl (C=O) groups excluding carboxylic acids is 3. The number of anilines is 1. The van der Waals surface area contributed by atoms with Gasteiger partial charge in [0.25, 0.3) is 5.91 Å². The van der Waals surface area contributed by atoms with Crippen LogP contribution in [0, 0.1) is 6.92 Å². The lowest BCUT2D eigenvalue weighted by atomic mass is 10.1. The third kappa shape index (κ3) is 7.45. The standard InChI is InChI=1S/C29H42N8O5/c1-5-11-36-26-22(32-29(36)33-28(40)23-15-19(3)34-37(23)6-2)16-20(27(30)39)17-24(26)42-14-7-10-31-25(38)18-35-12-8-21(41-4)9-13-35/h15-17,21H,5-14,18H2,1-4H3,(H2,30,39)(H,31,38)(H,32,33,40). The largest absolute Gasteiger partial charge is 0.491 e. The van der Waals surface area contributed by atoms with Crippen LogP contribution in [0.5, 0.6) is 5.75 Å². The summed E-state index contributed by atoms with van der Waals surface area (Å²) in [5.74, 6) is -0.191. The summed E-state index contributed by atoms with van der Waals surface area (Å²) in [5.41, 5.74) is 8.17. The number of methoxy groups -OCH3 is 1. The van der Waals surface area contributed by atoms with Crippen LogP contribution in [-0.2, 0) is 22.6 Å². The third-order valence-corrected chi connectivity index (χ3v) is 7.33. The van der Waals surface area contributed by atoms with Gasteiger partial charge >= 0.3 is 0 Å². The molecule has 0 radical (unpaired) electrons. The molecule has 1 aliphatic heterocycles. The summed E-state index contributed by atoms with van der Waals surface area (Å²) < 4.78 is 15.0. The molecule has 1 aromatic carbocycles. The minimum atomic E-state index is -0.610. The Morgan fingerprint density at radius 1 is 1.14 bits per heavy atom. The Balaban J connectivity index is 1.44. The summed E-state index contributed by atoms with van der Waals surface area (Å²) in [6.45, 7) is 9.68. The van der Waals surface area contributed by atoms with Crippen molar-refractivity contribution in [3.63, 3.8) is 0 Å². The van der Waals surface area contributed by atoms with Gasteiger partial charge in [-0.3, -0.25) is 29.3 Å². The van der Waals surface area contributed by atoms with E-state index < -0.39 is 5.91 Å². The van der Waals surface area contributed by atoms with Gasteiger partial charge in [-0.25, -0.2) is 4.98 Å². The second kappa shape index (κ2) is 14.3. The molecule has 3 aromatic rings. The molecule has 1 fully saturated rings. The van der Waals surface area contributed by atoms with E-state index in [0.717, 1.165) is 38.0 Å². The van der Waals surface area contributed by atoms with Crippen LogP contribution in [0.25, 0.3) is 11.0 Å². The van der Waals surface area contributed by atoms with Crippen molar-refractivity contribution >= 4 is 34.7 Å². The van der Waals surface area contributed by atoms with E-state index in [9.17, 15) is 14.4 Å². The minimum Gasteiger partial charge on any atom is -0.491 e. The number of carbonyl (C=O) groups is 3. The summed E-state index contributed by atoms with van der Waals surface area (Å²) in [7, 11) is 1.73. The first-order chi connectivity index (χ1) is 20.2. The lowest BCUT2D eigenvalue weighted by molar-refractivity contribution is -0.122. The van der Waals surface area contributed by atoms with Gasteiger partial charge in [0.05, 0.1) is 30.5 Å². The number of aromatic nitrogens is 4. The molecular formula is C29H42N8O5. The van der Waals surface area contributed by atoms with Gasteiger partial charge in [-0.05, 0) is 57.7 Å². The van der Waals surface area contributed by atoms with Crippen molar-refractivity contribution in [2.75, 3.05) is 45.2 Å². The Hall–Kier alpha value is -3.97. The van der Waals surface area contributed by atoms with Gasteiger partial charge in [-0.1, -0.05) is 6.92 Å². The fraction of sp³-hybridized carbons (Fsp3) is 0.552. The van der Waals surface area contributed by atoms with E-state index in [1.54, 1.807) is 30.0 Å². The molecule has 4 rings (SSSR count). The molecule has 0 aliphatic carbocycles. The average molecular weight is 583 g/mol. The maximum Gasteiger partial charge on any atom is 0.276 e. The smallest absolute Gasteiger partial charge is 0.276 e. The molecule has 1 saturated heterocycles. The highest BCUT2D eigenvalue weighted by molar-refractivity contribution is 6.04. The number of aryl methyl sites for hydroxylation is 3. The third-order valence-electron chi connectivity index (χ3n) is 7.33. The van der Waals surface area contributed by atoms with Crippen LogP contribution in [0.15, 0.2) is 18.2 Å². The number of rotatable bonds is 14. The van der Waals surface area contributed by atoms with E-state index in [1.165, 1.54) is 0 Å². The number of nitrogens with zero attached hydrogens (tertiary/aromatic N) is 5. The van der Waals surface area contributed by atoms with E-state index >= 15 is 0 Å². The fourth-order valence-corrected chi connectivity index (χ4v) is 5.20. The van der Waals surface area contributed by atoms with Crippen molar-refractivity contribution in [2.24, 2.45) is 5.73 Å². The minimum absolute atomic E-state index is 0.0231. The van der Waals surface area contributed by atoms with Crippen LogP contribution in [0.2, 0.25) is 0 Å². The predicted octanol–water partition coefficient (Wildman–Crippen LogP) is 2.32. The number of primary amides is 1. The van der Waals surface area contributed by atoms with Crippen LogP contribution < -0.4 is 21.1 Å². The summed E-state index contributed by atoms with van der Waals surface area (Å²) in [6.07, 6.45) is 3.47. The van der Waals surface area contributed by atoms with Crippen molar-refractivity contribution in [3.8, 4) is 5.75 Å². The molecule has 0 saturated carbocycles. The number of nitrogens with two attached hydrogens (primary N) is 1. The highest BCUT2D eigenvalue weighted by atomic mass is 16.5. The van der Waals surface area contributed by atoms with Crippen molar-refractivity contribution in [1.29, 1.82) is 0 Å². The zero-order chi connectivity index (χ0) is 30.2. The van der Waals surface area contributed by atoms with Crippen LogP contribution in [0.3, 0.4) is 0 Å². The van der Waals surface area contributed by atoms with E-state index in [0.29, 0.717) is 67.6 Å². The highest BCUT2D eigenvalue weighted by Crippen LogP contribution is 2.31. The van der Waals surface area contributed by atoms with Crippen molar-refractivity contribution in [1.82, 2.24) is 29.5 Å². The molecular weight excluding hydrogens is 540 g/mol. The van der Waals surface area contributed by atoms with Crippen LogP contribution in [0.4, 0.5) is 5.95 Å². The van der Waals surface area contributed by atoms with Gasteiger partial charge in [-0.2, -0.15) is 5.10 Å². The van der Waals surface area contributed by atoms with Gasteiger partial charge < -0.3 is 25.1 Å². The Labute approximate surface area is 245 Å². The number of fused-ring (bicyclic) bond motifs is 1. The number of ether oxygens (including phenoxy) is 2. The quantitative estimate of drug-likeness (QED) is 0.244. The Morgan fingerprint density at radius 2 is 1.90 bits per heavy atom. The van der Waals surface area contributed by atoms with Crippen LogP contribution in [0.1, 0.15) is 66.1 Å². The van der Waals surface area contributed by atoms with Gasteiger partial charge in [0, 0.05) is 45.4 Å². The maximum atomic E-state index is 13.2. The Morgan fingerprint density at radius 3 is 2.57 bits per heavy atom. The van der Waals surface area contributed by atoms with Crippen LogP contribution in [-0.4, -0.2) is 88.0 Å².